The van der Waals surface area contributed by atoms with Gasteiger partial charge in [-0.1, -0.05) is 6.07 Å². The Kier molecular flexibility index (Phi) is 4.61. The molecule has 5 nitrogen and oxygen atoms in total. The molecule has 0 saturated carbocycles. The summed E-state index contributed by atoms with van der Waals surface area (Å²) >= 11 is 0. The van der Waals surface area contributed by atoms with Crippen molar-refractivity contribution in [1.29, 1.82) is 0 Å². The van der Waals surface area contributed by atoms with E-state index in [4.69, 9.17) is 15.2 Å². The molecule has 3 N–H and O–H groups in total. The van der Waals surface area contributed by atoms with Gasteiger partial charge in [0.2, 0.25) is 0 Å². The van der Waals surface area contributed by atoms with E-state index >= 15 is 0 Å². The summed E-state index contributed by atoms with van der Waals surface area (Å²) in [5.74, 6) is -0.458. The SMILES string of the molecule is COc1ccc(NC(=O)COc2c(N)cccc2F)cc1. The van der Waals surface area contributed by atoms with Crippen molar-refractivity contribution >= 4 is 17.3 Å². The fourth-order valence-corrected chi connectivity index (χ4v) is 1.69. The van der Waals surface area contributed by atoms with Gasteiger partial charge >= 0.3 is 0 Å². The predicted molar refractivity (Wildman–Crippen MR) is 77.9 cm³/mol. The smallest absolute Gasteiger partial charge is 0.262 e. The number of anilines is 2. The van der Waals surface area contributed by atoms with Crippen molar-refractivity contribution < 1.29 is 18.7 Å². The van der Waals surface area contributed by atoms with E-state index in [0.29, 0.717) is 11.4 Å². The molecule has 0 aliphatic carbocycles. The molecule has 0 aromatic heterocycles. The second kappa shape index (κ2) is 6.60. The number of nitrogens with two attached hydrogens (primary N) is 1. The van der Waals surface area contributed by atoms with Crippen LogP contribution < -0.4 is 20.5 Å². The van der Waals surface area contributed by atoms with Gasteiger partial charge < -0.3 is 20.5 Å². The molecule has 0 heterocycles. The van der Waals surface area contributed by atoms with E-state index in [-0.39, 0.29) is 18.0 Å². The van der Waals surface area contributed by atoms with E-state index in [0.717, 1.165) is 0 Å². The first kappa shape index (κ1) is 14.6. The molecule has 0 atom stereocenters. The number of carbonyl (C=O) groups is 1. The number of benzene rings is 2. The molecule has 0 unspecified atom stereocenters. The quantitative estimate of drug-likeness (QED) is 0.829. The average molecular weight is 290 g/mol. The highest BCUT2D eigenvalue weighted by Gasteiger charge is 2.10. The van der Waals surface area contributed by atoms with Crippen LogP contribution in [0.15, 0.2) is 42.5 Å². The summed E-state index contributed by atoms with van der Waals surface area (Å²) < 4.78 is 23.6. The Hall–Kier alpha value is -2.76. The number of carbonyl (C=O) groups excluding carboxylic acids is 1. The minimum absolute atomic E-state index is 0.123. The van der Waals surface area contributed by atoms with Gasteiger partial charge in [0, 0.05) is 5.69 Å². The van der Waals surface area contributed by atoms with Crippen molar-refractivity contribution in [3.63, 3.8) is 0 Å². The van der Waals surface area contributed by atoms with Crippen LogP contribution >= 0.6 is 0 Å². The van der Waals surface area contributed by atoms with Crippen LogP contribution in [-0.2, 0) is 4.79 Å². The van der Waals surface area contributed by atoms with Gasteiger partial charge in [-0.2, -0.15) is 0 Å². The molecule has 2 aromatic rings. The van der Waals surface area contributed by atoms with E-state index in [2.05, 4.69) is 5.32 Å². The Balaban J connectivity index is 1.92. The highest BCUT2D eigenvalue weighted by atomic mass is 19.1. The zero-order chi connectivity index (χ0) is 15.2. The van der Waals surface area contributed by atoms with Crippen LogP contribution in [-0.4, -0.2) is 19.6 Å². The summed E-state index contributed by atoms with van der Waals surface area (Å²) in [5, 5.41) is 2.62. The Bertz CT molecular complexity index is 609. The zero-order valence-corrected chi connectivity index (χ0v) is 11.4. The Morgan fingerprint density at radius 2 is 1.95 bits per heavy atom. The number of para-hydroxylation sites is 1. The fourth-order valence-electron chi connectivity index (χ4n) is 1.69. The highest BCUT2D eigenvalue weighted by Crippen LogP contribution is 2.24. The molecule has 0 aliphatic rings. The van der Waals surface area contributed by atoms with Crippen LogP contribution in [0.4, 0.5) is 15.8 Å². The van der Waals surface area contributed by atoms with Gasteiger partial charge in [-0.05, 0) is 36.4 Å². The topological polar surface area (TPSA) is 73.6 Å². The number of ether oxygens (including phenoxy) is 2. The monoisotopic (exact) mass is 290 g/mol. The van der Waals surface area contributed by atoms with Gasteiger partial charge in [0.05, 0.1) is 12.8 Å². The molecule has 0 aliphatic heterocycles. The van der Waals surface area contributed by atoms with E-state index in [1.165, 1.54) is 18.2 Å². The summed E-state index contributed by atoms with van der Waals surface area (Å²) in [5.41, 5.74) is 6.32. The van der Waals surface area contributed by atoms with Gasteiger partial charge in [0.25, 0.3) is 5.91 Å². The van der Waals surface area contributed by atoms with Gasteiger partial charge in [0.15, 0.2) is 18.2 Å². The molecule has 110 valence electrons. The van der Waals surface area contributed by atoms with Crippen molar-refractivity contribution in [1.82, 2.24) is 0 Å². The summed E-state index contributed by atoms with van der Waals surface area (Å²) in [6.45, 7) is -0.336. The van der Waals surface area contributed by atoms with Gasteiger partial charge in [-0.25, -0.2) is 4.39 Å². The van der Waals surface area contributed by atoms with Gasteiger partial charge in [0.1, 0.15) is 5.75 Å². The number of rotatable bonds is 5. The van der Waals surface area contributed by atoms with Gasteiger partial charge in [-0.3, -0.25) is 4.79 Å². The maximum Gasteiger partial charge on any atom is 0.262 e. The number of methoxy groups -OCH3 is 1. The predicted octanol–water partition coefficient (Wildman–Crippen LogP) is 2.43. The summed E-state index contributed by atoms with van der Waals surface area (Å²) in [4.78, 5) is 11.7. The third-order valence-corrected chi connectivity index (χ3v) is 2.72. The summed E-state index contributed by atoms with van der Waals surface area (Å²) in [7, 11) is 1.56. The maximum atomic E-state index is 13.5. The van der Waals surface area contributed by atoms with Crippen molar-refractivity contribution in [2.75, 3.05) is 24.8 Å². The van der Waals surface area contributed by atoms with Crippen LogP contribution in [0.1, 0.15) is 0 Å². The molecule has 0 radical (unpaired) electrons. The lowest BCUT2D eigenvalue weighted by atomic mass is 10.3. The zero-order valence-electron chi connectivity index (χ0n) is 11.4. The lowest BCUT2D eigenvalue weighted by molar-refractivity contribution is -0.118. The van der Waals surface area contributed by atoms with Crippen LogP contribution in [0.5, 0.6) is 11.5 Å². The molecule has 2 aromatic carbocycles. The van der Waals surface area contributed by atoms with Crippen LogP contribution in [0.3, 0.4) is 0 Å². The number of hydrogen-bond donors (Lipinski definition) is 2. The Morgan fingerprint density at radius 3 is 2.57 bits per heavy atom. The molecule has 0 spiro atoms. The first-order valence-electron chi connectivity index (χ1n) is 6.21. The van der Waals surface area contributed by atoms with Crippen molar-refractivity contribution in [2.45, 2.75) is 0 Å². The van der Waals surface area contributed by atoms with Crippen LogP contribution in [0.25, 0.3) is 0 Å². The highest BCUT2D eigenvalue weighted by molar-refractivity contribution is 5.92. The number of nitrogen functional groups attached to an aromatic ring is 1. The first-order valence-corrected chi connectivity index (χ1v) is 6.21. The molecule has 0 fully saturated rings. The third-order valence-electron chi connectivity index (χ3n) is 2.72. The van der Waals surface area contributed by atoms with E-state index in [1.54, 1.807) is 31.4 Å². The number of amides is 1. The van der Waals surface area contributed by atoms with Gasteiger partial charge in [-0.15, -0.1) is 0 Å². The summed E-state index contributed by atoms with van der Waals surface area (Å²) in [6.07, 6.45) is 0. The van der Waals surface area contributed by atoms with Crippen LogP contribution in [0, 0.1) is 5.82 Å². The van der Waals surface area contributed by atoms with E-state index < -0.39 is 11.7 Å². The average Bonchev–Trinajstić information content (AvgIpc) is 2.47. The van der Waals surface area contributed by atoms with Crippen molar-refractivity contribution in [3.8, 4) is 11.5 Å². The molecule has 2 rings (SSSR count). The fraction of sp³-hybridized carbons (Fsp3) is 0.133. The van der Waals surface area contributed by atoms with Crippen molar-refractivity contribution in [3.05, 3.63) is 48.3 Å². The largest absolute Gasteiger partial charge is 0.497 e. The molecular formula is C15H15FN2O3. The minimum atomic E-state index is -0.604. The number of halogens is 1. The minimum Gasteiger partial charge on any atom is -0.497 e. The van der Waals surface area contributed by atoms with E-state index in [9.17, 15) is 9.18 Å². The number of hydrogen-bond acceptors (Lipinski definition) is 4. The van der Waals surface area contributed by atoms with Crippen molar-refractivity contribution in [2.24, 2.45) is 0 Å². The lowest BCUT2D eigenvalue weighted by Crippen LogP contribution is -2.20. The second-order valence-corrected chi connectivity index (χ2v) is 4.22. The standard InChI is InChI=1S/C15H15FN2O3/c1-20-11-7-5-10(6-8-11)18-14(19)9-21-15-12(16)3-2-4-13(15)17/h2-8H,9,17H2,1H3,(H,18,19). The molecule has 0 saturated heterocycles. The maximum absolute atomic E-state index is 13.5. The van der Waals surface area contributed by atoms with E-state index in [1.807, 2.05) is 0 Å². The molecule has 21 heavy (non-hydrogen) atoms. The Labute approximate surface area is 121 Å². The molecule has 6 heteroatoms. The number of nitrogens with one attached hydrogen (secondary N) is 1. The third kappa shape index (κ3) is 3.85. The lowest BCUT2D eigenvalue weighted by Gasteiger charge is -2.10. The molecule has 0 bridgehead atoms. The second-order valence-electron chi connectivity index (χ2n) is 4.22. The molecular weight excluding hydrogens is 275 g/mol. The molecule has 1 amide bonds. The normalized spacial score (nSPS) is 10.0. The summed E-state index contributed by atoms with van der Waals surface area (Å²) in [6, 6.07) is 11.0. The Morgan fingerprint density at radius 1 is 1.24 bits per heavy atom. The first-order chi connectivity index (χ1) is 10.1. The van der Waals surface area contributed by atoms with Crippen LogP contribution in [0.2, 0.25) is 0 Å².